The van der Waals surface area contributed by atoms with Crippen LogP contribution >= 0.6 is 27.5 Å². The van der Waals surface area contributed by atoms with E-state index in [4.69, 9.17) is 21.1 Å². The molecule has 0 radical (unpaired) electrons. The highest BCUT2D eigenvalue weighted by molar-refractivity contribution is 9.10. The van der Waals surface area contributed by atoms with E-state index in [-0.39, 0.29) is 11.1 Å². The van der Waals surface area contributed by atoms with Crippen molar-refractivity contribution in [1.29, 1.82) is 0 Å². The van der Waals surface area contributed by atoms with Gasteiger partial charge in [-0.3, -0.25) is 0 Å². The smallest absolute Gasteiger partial charge is 0.224 e. The van der Waals surface area contributed by atoms with Crippen LogP contribution in [-0.2, 0) is 11.2 Å². The van der Waals surface area contributed by atoms with E-state index in [1.807, 2.05) is 42.5 Å². The molecule has 4 nitrogen and oxygen atoms in total. The number of hydrogen-bond acceptors (Lipinski definition) is 4. The summed E-state index contributed by atoms with van der Waals surface area (Å²) < 4.78 is 13.1. The van der Waals surface area contributed by atoms with Crippen molar-refractivity contribution in [2.45, 2.75) is 30.0 Å². The number of halogens is 2. The molecular weight excluding hydrogens is 454 g/mol. The molecule has 1 aromatic heterocycles. The summed E-state index contributed by atoms with van der Waals surface area (Å²) in [5.74, 6) is 0.779. The van der Waals surface area contributed by atoms with Gasteiger partial charge in [0.1, 0.15) is 16.5 Å². The molecule has 1 aliphatic heterocycles. The Balaban J connectivity index is 1.79. The van der Waals surface area contributed by atoms with Crippen molar-refractivity contribution < 1.29 is 14.6 Å². The number of ether oxygens (including phenoxy) is 2. The van der Waals surface area contributed by atoms with Crippen LogP contribution in [0.25, 0.3) is 0 Å². The molecule has 1 saturated carbocycles. The van der Waals surface area contributed by atoms with Crippen LogP contribution in [0.4, 0.5) is 0 Å². The molecule has 2 aliphatic rings. The fourth-order valence-corrected chi connectivity index (χ4v) is 5.47. The van der Waals surface area contributed by atoms with Gasteiger partial charge in [-0.05, 0) is 36.1 Å². The van der Waals surface area contributed by atoms with E-state index in [2.05, 4.69) is 33.0 Å². The van der Waals surface area contributed by atoms with E-state index in [0.29, 0.717) is 23.6 Å². The molecular formula is C23H19BrClNO3. The Morgan fingerprint density at radius 2 is 1.90 bits per heavy atom. The molecule has 0 spiro atoms. The van der Waals surface area contributed by atoms with Gasteiger partial charge in [0.05, 0.1) is 12.7 Å². The first kappa shape index (κ1) is 18.9. The Labute approximate surface area is 182 Å². The Morgan fingerprint density at radius 1 is 1.17 bits per heavy atom. The number of hydrogen-bond donors (Lipinski definition) is 1. The molecule has 0 bridgehead atoms. The lowest BCUT2D eigenvalue weighted by molar-refractivity contribution is -0.106. The Kier molecular flexibility index (Phi) is 4.39. The minimum absolute atomic E-state index is 0.0502. The summed E-state index contributed by atoms with van der Waals surface area (Å²) in [6, 6.07) is 19.8. The Hall–Kier alpha value is -2.08. The van der Waals surface area contributed by atoms with Gasteiger partial charge in [-0.2, -0.15) is 0 Å². The average molecular weight is 473 g/mol. The molecule has 29 heavy (non-hydrogen) atoms. The van der Waals surface area contributed by atoms with Crippen molar-refractivity contribution in [2.75, 3.05) is 7.11 Å². The van der Waals surface area contributed by atoms with Gasteiger partial charge in [-0.1, -0.05) is 70.0 Å². The van der Waals surface area contributed by atoms with E-state index in [1.54, 1.807) is 6.07 Å². The minimum Gasteiger partial charge on any atom is -0.481 e. The summed E-state index contributed by atoms with van der Waals surface area (Å²) >= 11 is 9.72. The second-order valence-corrected chi connectivity index (χ2v) is 8.84. The molecule has 3 aromatic rings. The zero-order valence-corrected chi connectivity index (χ0v) is 18.1. The number of methoxy groups -OCH3 is 1. The van der Waals surface area contributed by atoms with Crippen LogP contribution in [0.15, 0.2) is 65.1 Å². The molecule has 3 atom stereocenters. The van der Waals surface area contributed by atoms with Crippen molar-refractivity contribution in [2.24, 2.45) is 0 Å². The second kappa shape index (κ2) is 6.73. The summed E-state index contributed by atoms with van der Waals surface area (Å²) in [6.45, 7) is 0. The van der Waals surface area contributed by atoms with Gasteiger partial charge in [0, 0.05) is 16.5 Å². The zero-order chi connectivity index (χ0) is 20.2. The fourth-order valence-electron chi connectivity index (χ4n) is 5.03. The Bertz CT molecular complexity index is 1080. The van der Waals surface area contributed by atoms with E-state index >= 15 is 0 Å². The summed E-state index contributed by atoms with van der Waals surface area (Å²) in [5.41, 5.74) is 0.309. The van der Waals surface area contributed by atoms with Crippen LogP contribution in [0, 0.1) is 0 Å². The lowest BCUT2D eigenvalue weighted by Gasteiger charge is -2.40. The topological polar surface area (TPSA) is 51.6 Å². The second-order valence-electron chi connectivity index (χ2n) is 7.53. The number of fused-ring (bicyclic) bond motifs is 3. The predicted octanol–water partition coefficient (Wildman–Crippen LogP) is 5.56. The summed E-state index contributed by atoms with van der Waals surface area (Å²) in [7, 11) is 1.53. The van der Waals surface area contributed by atoms with Crippen molar-refractivity contribution >= 4 is 27.5 Å². The van der Waals surface area contributed by atoms with Gasteiger partial charge in [0.15, 0.2) is 5.60 Å². The van der Waals surface area contributed by atoms with E-state index in [1.165, 1.54) is 7.11 Å². The number of benzene rings is 2. The fraction of sp³-hybridized carbons (Fsp3) is 0.261. The van der Waals surface area contributed by atoms with Crippen molar-refractivity contribution in [1.82, 2.24) is 4.98 Å². The highest BCUT2D eigenvalue weighted by Crippen LogP contribution is 2.68. The van der Waals surface area contributed by atoms with Gasteiger partial charge >= 0.3 is 0 Å². The normalized spacial score (nSPS) is 27.2. The van der Waals surface area contributed by atoms with Crippen LogP contribution in [0.2, 0.25) is 5.15 Å². The van der Waals surface area contributed by atoms with Gasteiger partial charge in [0.2, 0.25) is 5.88 Å². The molecule has 5 rings (SSSR count). The highest BCUT2D eigenvalue weighted by atomic mass is 79.9. The number of aliphatic hydroxyl groups is 1. The van der Waals surface area contributed by atoms with Gasteiger partial charge in [-0.25, -0.2) is 4.98 Å². The monoisotopic (exact) mass is 471 g/mol. The molecule has 0 saturated heterocycles. The zero-order valence-electron chi connectivity index (χ0n) is 15.7. The molecule has 1 N–H and O–H groups in total. The van der Waals surface area contributed by atoms with Crippen molar-refractivity contribution in [3.05, 3.63) is 87.0 Å². The number of rotatable bonds is 3. The lowest BCUT2D eigenvalue weighted by atomic mass is 9.72. The third kappa shape index (κ3) is 2.57. The molecule has 1 fully saturated rings. The first-order valence-electron chi connectivity index (χ1n) is 9.47. The van der Waals surface area contributed by atoms with Crippen LogP contribution < -0.4 is 9.47 Å². The van der Waals surface area contributed by atoms with Crippen LogP contribution in [0.1, 0.15) is 35.4 Å². The van der Waals surface area contributed by atoms with Gasteiger partial charge in [-0.15, -0.1) is 0 Å². The maximum absolute atomic E-state index is 12.2. The molecule has 148 valence electrons. The minimum atomic E-state index is -1.29. The molecule has 1 aliphatic carbocycles. The van der Waals surface area contributed by atoms with E-state index in [9.17, 15) is 5.11 Å². The molecule has 0 amide bonds. The Morgan fingerprint density at radius 3 is 2.59 bits per heavy atom. The molecule has 2 aromatic carbocycles. The summed E-state index contributed by atoms with van der Waals surface area (Å²) in [4.78, 5) is 4.30. The van der Waals surface area contributed by atoms with Gasteiger partial charge in [0.25, 0.3) is 0 Å². The molecule has 6 heteroatoms. The summed E-state index contributed by atoms with van der Waals surface area (Å²) in [6.07, 6.45) is 1.29. The SMILES string of the molecule is COc1nc(Cl)cc2c1[C@]1(O)CCC(c3ccccc3)C1(c1ccc(Br)cc1)O2. The van der Waals surface area contributed by atoms with Crippen LogP contribution in [0.5, 0.6) is 11.6 Å². The van der Waals surface area contributed by atoms with Crippen molar-refractivity contribution in [3.63, 3.8) is 0 Å². The number of aromatic nitrogens is 1. The molecule has 2 unspecified atom stereocenters. The maximum Gasteiger partial charge on any atom is 0.224 e. The largest absolute Gasteiger partial charge is 0.481 e. The number of pyridine rings is 1. The highest BCUT2D eigenvalue weighted by Gasteiger charge is 2.69. The average Bonchev–Trinajstić information content (AvgIpc) is 3.15. The number of nitrogens with zero attached hydrogens (tertiary/aromatic N) is 1. The first-order chi connectivity index (χ1) is 14.0. The third-order valence-corrected chi connectivity index (χ3v) is 6.89. The predicted molar refractivity (Wildman–Crippen MR) is 115 cm³/mol. The van der Waals surface area contributed by atoms with E-state index in [0.717, 1.165) is 22.0 Å². The van der Waals surface area contributed by atoms with Gasteiger partial charge < -0.3 is 14.6 Å². The first-order valence-corrected chi connectivity index (χ1v) is 10.6. The van der Waals surface area contributed by atoms with Crippen LogP contribution in [-0.4, -0.2) is 17.2 Å². The quantitative estimate of drug-likeness (QED) is 0.507. The maximum atomic E-state index is 12.2. The standard InChI is InChI=1S/C23H19BrClNO3/c1-28-21-20-18(13-19(25)26-21)29-23(15-7-9-16(24)10-8-15)17(11-12-22(20,23)27)14-5-3-2-4-6-14/h2-10,13,17,27H,11-12H2,1H3/t17?,22-,23?/m1/s1. The summed E-state index contributed by atoms with van der Waals surface area (Å²) in [5, 5.41) is 12.5. The van der Waals surface area contributed by atoms with E-state index < -0.39 is 11.2 Å². The third-order valence-electron chi connectivity index (χ3n) is 6.17. The molecule has 2 heterocycles. The van der Waals surface area contributed by atoms with Crippen LogP contribution in [0.3, 0.4) is 0 Å². The lowest BCUT2D eigenvalue weighted by Crippen LogP contribution is -2.48. The van der Waals surface area contributed by atoms with Crippen molar-refractivity contribution in [3.8, 4) is 11.6 Å².